The third kappa shape index (κ3) is 17.5. The molecule has 0 fully saturated rings. The van der Waals surface area contributed by atoms with Gasteiger partial charge in [-0.15, -0.1) is 0 Å². The van der Waals surface area contributed by atoms with E-state index in [1.165, 1.54) is 56.2 Å². The second-order valence-electron chi connectivity index (χ2n) is 33.2. The van der Waals surface area contributed by atoms with Crippen LogP contribution in [0.15, 0.2) is 159 Å². The van der Waals surface area contributed by atoms with E-state index in [-0.39, 0.29) is 37.9 Å². The number of aryl methyl sites for hydroxylation is 7. The maximum Gasteiger partial charge on any atom is 0.159 e. The fourth-order valence-electron chi connectivity index (χ4n) is 12.4. The summed E-state index contributed by atoms with van der Waals surface area (Å²) in [6.45, 7) is 60.7. The molecule has 0 saturated carbocycles. The number of hydrogen-bond donors (Lipinski definition) is 0. The lowest BCUT2D eigenvalue weighted by atomic mass is 9.90. The normalized spacial score (nSPS) is 12.3. The average Bonchev–Trinajstić information content (AvgIpc) is 1.60. The molecule has 518 valence electrons. The van der Waals surface area contributed by atoms with E-state index in [0.717, 1.165) is 62.1 Å². The van der Waals surface area contributed by atoms with Gasteiger partial charge in [0.25, 0.3) is 0 Å². The van der Waals surface area contributed by atoms with Gasteiger partial charge in [-0.25, -0.2) is 33.0 Å². The molecule has 0 radical (unpaired) electrons. The van der Waals surface area contributed by atoms with Crippen LogP contribution in [0.2, 0.25) is 0 Å². The predicted molar refractivity (Wildman–Crippen MR) is 406 cm³/mol. The zero-order valence-electron chi connectivity index (χ0n) is 64.2. The molecule has 14 rings (SSSR count). The maximum atomic E-state index is 4.64. The Morgan fingerprint density at radius 2 is 0.959 bits per heavy atom. The highest BCUT2D eigenvalue weighted by Crippen LogP contribution is 2.32. The number of hydrogen-bond acceptors (Lipinski definition) is 9. The number of pyridine rings is 1. The van der Waals surface area contributed by atoms with Gasteiger partial charge in [0.05, 0.1) is 73.8 Å². The van der Waals surface area contributed by atoms with E-state index in [1.54, 1.807) is 0 Å². The Hall–Kier alpha value is -9.31. The van der Waals surface area contributed by atoms with Crippen molar-refractivity contribution in [1.82, 2.24) is 76.6 Å². The summed E-state index contributed by atoms with van der Waals surface area (Å²) in [5.41, 5.74) is 25.2. The van der Waals surface area contributed by atoms with Gasteiger partial charge in [-0.2, -0.15) is 20.4 Å². The van der Waals surface area contributed by atoms with Crippen LogP contribution in [0, 0.1) is 48.5 Å². The molecule has 0 N–H and O–H groups in total. The molecule has 14 aromatic rings. The first-order valence-corrected chi connectivity index (χ1v) is 34.3. The van der Waals surface area contributed by atoms with E-state index in [2.05, 4.69) is 306 Å². The summed E-state index contributed by atoms with van der Waals surface area (Å²) in [7, 11) is 0. The van der Waals surface area contributed by atoms with Crippen LogP contribution < -0.4 is 0 Å². The van der Waals surface area contributed by atoms with E-state index in [0.29, 0.717) is 0 Å². The summed E-state index contributed by atoms with van der Waals surface area (Å²) in [5.74, 6) is 0. The number of imidazole rings is 3. The predicted octanol–water partition coefficient (Wildman–Crippen LogP) is 19.4. The molecule has 0 unspecified atom stereocenters. The van der Waals surface area contributed by atoms with Crippen LogP contribution in [0.25, 0.3) is 39.0 Å². The summed E-state index contributed by atoms with van der Waals surface area (Å²) in [4.78, 5) is 22.2. The van der Waals surface area contributed by atoms with Crippen molar-refractivity contribution in [2.24, 2.45) is 0 Å². The van der Waals surface area contributed by atoms with Crippen molar-refractivity contribution in [3.63, 3.8) is 0 Å². The minimum absolute atomic E-state index is 0.0420. The Labute approximate surface area is 582 Å². The number of fused-ring (bicyclic) bond motifs is 7. The molecule has 16 heteroatoms. The fraction of sp³-hybridized carbons (Fsp3) is 0.427. The van der Waals surface area contributed by atoms with Gasteiger partial charge in [0.15, 0.2) is 11.3 Å². The maximum absolute atomic E-state index is 4.64. The van der Waals surface area contributed by atoms with Crippen LogP contribution in [0.3, 0.4) is 0 Å². The zero-order valence-corrected chi connectivity index (χ0v) is 64.2. The van der Waals surface area contributed by atoms with Crippen molar-refractivity contribution in [2.75, 3.05) is 0 Å². The average molecular weight is 1320 g/mol. The van der Waals surface area contributed by atoms with Gasteiger partial charge in [-0.05, 0) is 156 Å². The number of nitrogens with zero attached hydrogens (tertiary/aromatic N) is 16. The lowest BCUT2D eigenvalue weighted by Gasteiger charge is -2.20. The van der Waals surface area contributed by atoms with E-state index in [4.69, 9.17) is 0 Å². The van der Waals surface area contributed by atoms with Crippen LogP contribution in [0.1, 0.15) is 225 Å². The summed E-state index contributed by atoms with van der Waals surface area (Å²) in [6, 6.07) is 33.2. The summed E-state index contributed by atoms with van der Waals surface area (Å²) in [6.07, 6.45) is 19.3. The highest BCUT2D eigenvalue weighted by Gasteiger charge is 2.26. The van der Waals surface area contributed by atoms with Gasteiger partial charge in [-0.1, -0.05) is 151 Å². The third-order valence-corrected chi connectivity index (χ3v) is 16.7. The molecular formula is C82H110N16. The first-order chi connectivity index (χ1) is 45.4. The van der Waals surface area contributed by atoms with Crippen LogP contribution in [0.5, 0.6) is 0 Å². The fourth-order valence-corrected chi connectivity index (χ4v) is 12.4. The number of aromatic nitrogens is 16. The van der Waals surface area contributed by atoms with Crippen molar-refractivity contribution in [2.45, 2.75) is 232 Å². The minimum atomic E-state index is 0.0420. The van der Waals surface area contributed by atoms with Crippen molar-refractivity contribution in [1.29, 1.82) is 0 Å². The Morgan fingerprint density at radius 3 is 1.56 bits per heavy atom. The third-order valence-electron chi connectivity index (χ3n) is 16.7. The molecule has 14 aromatic heterocycles. The second kappa shape index (κ2) is 28.6. The molecule has 0 aromatic carbocycles. The molecule has 0 atom stereocenters. The van der Waals surface area contributed by atoms with Crippen LogP contribution in [0.4, 0.5) is 0 Å². The summed E-state index contributed by atoms with van der Waals surface area (Å²) in [5, 5.41) is 17.7. The first-order valence-electron chi connectivity index (χ1n) is 34.3. The van der Waals surface area contributed by atoms with E-state index in [1.807, 2.05) is 124 Å². The molecule has 0 amide bonds. The highest BCUT2D eigenvalue weighted by atomic mass is 15.2. The van der Waals surface area contributed by atoms with Gasteiger partial charge in [0.2, 0.25) is 0 Å². The van der Waals surface area contributed by atoms with Crippen molar-refractivity contribution >= 4 is 39.0 Å². The molecule has 16 nitrogen and oxygen atoms in total. The van der Waals surface area contributed by atoms with Crippen LogP contribution in [-0.4, -0.2) is 76.6 Å². The Kier molecular flexibility index (Phi) is 21.8. The molecule has 0 bridgehead atoms. The van der Waals surface area contributed by atoms with E-state index in [9.17, 15) is 0 Å². The molecule has 0 spiro atoms. The second-order valence-corrected chi connectivity index (χ2v) is 33.2. The monoisotopic (exact) mass is 1320 g/mol. The molecule has 14 heterocycles. The smallest absolute Gasteiger partial charge is 0.159 e. The summed E-state index contributed by atoms with van der Waals surface area (Å²) < 4.78 is 14.4. The number of rotatable bonds is 0. The van der Waals surface area contributed by atoms with Crippen LogP contribution in [-0.2, 0) is 37.9 Å². The SMILES string of the molecule is CC(C)(C)c1ccc2cccn2n1.CC(C)(C)c1ccc2cccnn12.CC(C)(C)c1cnc2ccccn12.Cc1cc2cccnn2c1C(C)(C)C.Cc1cn2ccnc(C(C)(C)C)c2n1.Cc1cnn2c(C(C)(C)C)c(C)cc2c1.Cc1nc2c(C)ncc(C)n2c1C(C)(C)C. The Morgan fingerprint density at radius 1 is 0.378 bits per heavy atom. The molecule has 0 saturated heterocycles. The topological polar surface area (TPSA) is 147 Å². The molecule has 0 aliphatic carbocycles. The summed E-state index contributed by atoms with van der Waals surface area (Å²) >= 11 is 0. The van der Waals surface area contributed by atoms with Gasteiger partial charge >= 0.3 is 0 Å². The lowest BCUT2D eigenvalue weighted by Crippen LogP contribution is -2.17. The quantitative estimate of drug-likeness (QED) is 0.145. The largest absolute Gasteiger partial charge is 0.304 e. The van der Waals surface area contributed by atoms with E-state index >= 15 is 0 Å². The van der Waals surface area contributed by atoms with Crippen LogP contribution >= 0.6 is 0 Å². The lowest BCUT2D eigenvalue weighted by molar-refractivity contribution is 0.546. The van der Waals surface area contributed by atoms with Gasteiger partial charge in [0.1, 0.15) is 5.65 Å². The minimum Gasteiger partial charge on any atom is -0.304 e. The zero-order chi connectivity index (χ0) is 72.4. The van der Waals surface area contributed by atoms with Crippen molar-refractivity contribution in [3.05, 3.63) is 238 Å². The molecule has 98 heavy (non-hydrogen) atoms. The standard InChI is InChI=1S/C13H19N3.C13H18N2.C12H16N2.C11H15N3.3C11H14N2/c1-8-7-14-10(3)12-15-9(2)11(16(8)12)13(4,5)6;1-9-6-11-7-10(2)12(13(3,4)5)15(11)14-8-9;1-9-8-10-6-5-7-13-14(10)11(9)12(2,3)4;1-8-7-14-6-5-12-9(10(14)13-8)11(2,3)4;1-11(2,3)10-7-6-9-5-4-8-13(9)12-10;1-11(2,3)10-7-6-9-5-4-8-12-13(9)10;1-11(2,3)9-8-12-10-6-4-5-7-13(9)10/h7H,1-6H3;6-8H,1-5H3;5-8H,1-4H3;5-7H,1-4H3;3*4-8H,1-3H3. The molecular weight excluding hydrogens is 1210 g/mol. The Balaban J connectivity index is 0.000000146. The van der Waals surface area contributed by atoms with Crippen molar-refractivity contribution < 1.29 is 0 Å². The van der Waals surface area contributed by atoms with Crippen molar-refractivity contribution in [3.8, 4) is 0 Å². The van der Waals surface area contributed by atoms with Gasteiger partial charge in [0, 0.05) is 111 Å². The van der Waals surface area contributed by atoms with E-state index < -0.39 is 0 Å². The first kappa shape index (κ1) is 74.5. The highest BCUT2D eigenvalue weighted by molar-refractivity contribution is 5.56. The Bertz CT molecular complexity index is 4910. The van der Waals surface area contributed by atoms with Gasteiger partial charge < -0.3 is 8.80 Å². The molecule has 0 aliphatic heterocycles. The van der Waals surface area contributed by atoms with Gasteiger partial charge in [-0.3, -0.25) is 14.4 Å². The molecule has 0 aliphatic rings.